The Kier molecular flexibility index (Phi) is 4.87. The van der Waals surface area contributed by atoms with Crippen LogP contribution in [0, 0.1) is 28.6 Å². The summed E-state index contributed by atoms with van der Waals surface area (Å²) < 4.78 is 2.02. The van der Waals surface area contributed by atoms with Gasteiger partial charge in [-0.3, -0.25) is 0 Å². The normalized spacial score (nSPS) is 40.8. The number of fused-ring (bicyclic) bond motifs is 5. The van der Waals surface area contributed by atoms with Crippen LogP contribution in [0.15, 0.2) is 48.2 Å². The summed E-state index contributed by atoms with van der Waals surface area (Å²) in [6.07, 6.45) is 14.1. The van der Waals surface area contributed by atoms with Gasteiger partial charge in [0.1, 0.15) is 0 Å². The first-order valence-corrected chi connectivity index (χ1v) is 12.8. The molecule has 3 saturated carbocycles. The van der Waals surface area contributed by atoms with E-state index >= 15 is 0 Å². The highest BCUT2D eigenvalue weighted by molar-refractivity contribution is 5.27. The number of benzene rings is 1. The molecule has 0 amide bonds. The van der Waals surface area contributed by atoms with E-state index in [1.165, 1.54) is 49.8 Å². The summed E-state index contributed by atoms with van der Waals surface area (Å²) in [5.41, 5.74) is 4.71. The molecule has 0 saturated heterocycles. The smallest absolute Gasteiger partial charge is 0.0863 e. The third-order valence-electron chi connectivity index (χ3n) is 10.2. The highest BCUT2D eigenvalue weighted by atomic mass is 16.3. The molecule has 170 valence electrons. The zero-order valence-electron chi connectivity index (χ0n) is 19.6. The SMILES string of the molecule is C[C@]12CC[C@H]3[C@@H](CC=C4C[C@@H](O)CC[C@@]43C)[C@@H]1CC[C@@H]2c1cn(Cc2ccccc2)nn1. The maximum Gasteiger partial charge on any atom is 0.0863 e. The predicted molar refractivity (Wildman–Crippen MR) is 126 cm³/mol. The largest absolute Gasteiger partial charge is 0.393 e. The minimum absolute atomic E-state index is 0.117. The van der Waals surface area contributed by atoms with Crippen molar-refractivity contribution in [2.45, 2.75) is 83.8 Å². The summed E-state index contributed by atoms with van der Waals surface area (Å²) in [7, 11) is 0. The van der Waals surface area contributed by atoms with Gasteiger partial charge in [0.05, 0.1) is 18.3 Å². The molecule has 0 bridgehead atoms. The molecule has 0 spiro atoms. The van der Waals surface area contributed by atoms with E-state index < -0.39 is 0 Å². The van der Waals surface area contributed by atoms with Crippen molar-refractivity contribution in [2.75, 3.05) is 0 Å². The number of allylic oxidation sites excluding steroid dienone is 1. The molecule has 4 nitrogen and oxygen atoms in total. The van der Waals surface area contributed by atoms with Crippen molar-refractivity contribution >= 4 is 0 Å². The molecule has 1 heterocycles. The fraction of sp³-hybridized carbons (Fsp3) is 0.643. The second kappa shape index (κ2) is 7.55. The highest BCUT2D eigenvalue weighted by Crippen LogP contribution is 2.67. The lowest BCUT2D eigenvalue weighted by Crippen LogP contribution is -2.50. The van der Waals surface area contributed by atoms with E-state index in [0.29, 0.717) is 16.7 Å². The first-order chi connectivity index (χ1) is 15.5. The van der Waals surface area contributed by atoms with Crippen molar-refractivity contribution in [2.24, 2.45) is 28.6 Å². The third kappa shape index (κ3) is 3.13. The summed E-state index contributed by atoms with van der Waals surface area (Å²) in [5, 5.41) is 19.5. The van der Waals surface area contributed by atoms with Crippen molar-refractivity contribution in [3.8, 4) is 0 Å². The Bertz CT molecular complexity index is 1010. The molecule has 4 aliphatic rings. The van der Waals surface area contributed by atoms with Gasteiger partial charge in [-0.05, 0) is 85.5 Å². The highest BCUT2D eigenvalue weighted by Gasteiger charge is 2.59. The van der Waals surface area contributed by atoms with Crippen LogP contribution in [0.25, 0.3) is 0 Å². The fourth-order valence-electron chi connectivity index (χ4n) is 8.45. The lowest BCUT2D eigenvalue weighted by Gasteiger charge is -2.58. The lowest BCUT2D eigenvalue weighted by atomic mass is 9.47. The van der Waals surface area contributed by atoms with Crippen LogP contribution in [0.3, 0.4) is 0 Å². The maximum atomic E-state index is 10.2. The van der Waals surface area contributed by atoms with E-state index in [-0.39, 0.29) is 6.10 Å². The summed E-state index contributed by atoms with van der Waals surface area (Å²) in [6.45, 7) is 5.88. The summed E-state index contributed by atoms with van der Waals surface area (Å²) in [4.78, 5) is 0. The third-order valence-corrected chi connectivity index (χ3v) is 10.2. The Balaban J connectivity index is 1.24. The van der Waals surface area contributed by atoms with E-state index in [2.05, 4.69) is 61.7 Å². The number of hydrogen-bond acceptors (Lipinski definition) is 3. The van der Waals surface area contributed by atoms with Crippen molar-refractivity contribution in [1.29, 1.82) is 0 Å². The molecular formula is C28H37N3O. The van der Waals surface area contributed by atoms with Crippen LogP contribution in [0.2, 0.25) is 0 Å². The first kappa shape index (κ1) is 20.7. The van der Waals surface area contributed by atoms with Gasteiger partial charge in [-0.2, -0.15) is 0 Å². The van der Waals surface area contributed by atoms with Crippen LogP contribution in [0.4, 0.5) is 0 Å². The number of hydrogen-bond donors (Lipinski definition) is 1. The quantitative estimate of drug-likeness (QED) is 0.631. The fourth-order valence-corrected chi connectivity index (χ4v) is 8.45. The van der Waals surface area contributed by atoms with E-state index in [0.717, 1.165) is 37.1 Å². The lowest BCUT2D eigenvalue weighted by molar-refractivity contribution is -0.0412. The molecule has 0 radical (unpaired) electrons. The second-order valence-corrected chi connectivity index (χ2v) is 11.7. The van der Waals surface area contributed by atoms with E-state index in [1.54, 1.807) is 5.57 Å². The number of aliphatic hydroxyl groups excluding tert-OH is 1. The Morgan fingerprint density at radius 1 is 1.03 bits per heavy atom. The van der Waals surface area contributed by atoms with Gasteiger partial charge in [0.15, 0.2) is 0 Å². The molecule has 0 aliphatic heterocycles. The summed E-state index contributed by atoms with van der Waals surface area (Å²) in [6, 6.07) is 10.6. The Hall–Kier alpha value is -1.94. The van der Waals surface area contributed by atoms with Gasteiger partial charge in [0.25, 0.3) is 0 Å². The van der Waals surface area contributed by atoms with Crippen LogP contribution < -0.4 is 0 Å². The van der Waals surface area contributed by atoms with Crippen LogP contribution in [-0.2, 0) is 6.54 Å². The average Bonchev–Trinajstić information content (AvgIpc) is 3.38. The maximum absolute atomic E-state index is 10.2. The monoisotopic (exact) mass is 431 g/mol. The van der Waals surface area contributed by atoms with E-state index in [9.17, 15) is 5.11 Å². The van der Waals surface area contributed by atoms with E-state index in [1.807, 2.05) is 4.68 Å². The zero-order chi connectivity index (χ0) is 21.9. The Morgan fingerprint density at radius 3 is 2.72 bits per heavy atom. The predicted octanol–water partition coefficient (Wildman–Crippen LogP) is 5.73. The van der Waals surface area contributed by atoms with Crippen LogP contribution in [0.5, 0.6) is 0 Å². The van der Waals surface area contributed by atoms with Gasteiger partial charge in [-0.15, -0.1) is 5.10 Å². The van der Waals surface area contributed by atoms with Crippen LogP contribution in [-0.4, -0.2) is 26.2 Å². The molecule has 2 aromatic rings. The van der Waals surface area contributed by atoms with Gasteiger partial charge in [0.2, 0.25) is 0 Å². The molecule has 7 atom stereocenters. The Labute approximate surface area is 192 Å². The minimum Gasteiger partial charge on any atom is -0.393 e. The molecule has 4 aliphatic carbocycles. The molecule has 32 heavy (non-hydrogen) atoms. The van der Waals surface area contributed by atoms with Gasteiger partial charge >= 0.3 is 0 Å². The molecule has 1 aromatic heterocycles. The summed E-state index contributed by atoms with van der Waals surface area (Å²) in [5.74, 6) is 2.90. The molecule has 1 aromatic carbocycles. The van der Waals surface area contributed by atoms with Gasteiger partial charge in [-0.1, -0.05) is 61.0 Å². The van der Waals surface area contributed by atoms with Crippen molar-refractivity contribution in [3.05, 3.63) is 59.4 Å². The topological polar surface area (TPSA) is 50.9 Å². The first-order valence-electron chi connectivity index (χ1n) is 12.8. The second-order valence-electron chi connectivity index (χ2n) is 11.7. The van der Waals surface area contributed by atoms with Gasteiger partial charge < -0.3 is 5.11 Å². The minimum atomic E-state index is -0.117. The van der Waals surface area contributed by atoms with Crippen molar-refractivity contribution in [3.63, 3.8) is 0 Å². The molecule has 1 N–H and O–H groups in total. The van der Waals surface area contributed by atoms with Crippen molar-refractivity contribution in [1.82, 2.24) is 15.0 Å². The number of aliphatic hydroxyl groups is 1. The van der Waals surface area contributed by atoms with E-state index in [4.69, 9.17) is 5.10 Å². The summed E-state index contributed by atoms with van der Waals surface area (Å²) >= 11 is 0. The molecule has 6 rings (SSSR count). The zero-order valence-corrected chi connectivity index (χ0v) is 19.6. The molecule has 0 unspecified atom stereocenters. The van der Waals surface area contributed by atoms with Crippen molar-refractivity contribution < 1.29 is 5.11 Å². The molecular weight excluding hydrogens is 394 g/mol. The average molecular weight is 432 g/mol. The van der Waals surface area contributed by atoms with Gasteiger partial charge in [-0.25, -0.2) is 4.68 Å². The molecule has 3 fully saturated rings. The standard InChI is InChI=1S/C28H37N3O/c1-27-14-12-21(32)16-20(27)8-9-22-23-10-11-25(28(23,2)15-13-24(22)27)26-18-31(30-29-26)17-19-6-4-3-5-7-19/h3-8,18,21-25,32H,9-17H2,1-2H3/t21-,22-,23-,24-,25+,27-,28-/m0/s1. The van der Waals surface area contributed by atoms with Gasteiger partial charge in [0, 0.05) is 12.1 Å². The molecule has 4 heteroatoms. The number of nitrogens with zero attached hydrogens (tertiary/aromatic N) is 3. The Morgan fingerprint density at radius 2 is 1.88 bits per heavy atom. The van der Waals surface area contributed by atoms with Crippen LogP contribution in [0.1, 0.15) is 82.4 Å². The van der Waals surface area contributed by atoms with Crippen LogP contribution >= 0.6 is 0 Å². The number of aromatic nitrogens is 3. The number of rotatable bonds is 3.